The van der Waals surface area contributed by atoms with Crippen LogP contribution in [0.25, 0.3) is 0 Å². The molecule has 2 rings (SSSR count). The Bertz CT molecular complexity index is 899. The number of fused-ring (bicyclic) bond motifs is 1. The Labute approximate surface area is 229 Å². The summed E-state index contributed by atoms with van der Waals surface area (Å²) in [5.41, 5.74) is 1.73. The van der Waals surface area contributed by atoms with Gasteiger partial charge in [0.15, 0.2) is 0 Å². The number of likely N-dealkylation sites (N-methyl/N-ethyl adjacent to an activating group) is 1. The van der Waals surface area contributed by atoms with Crippen molar-refractivity contribution < 1.29 is 19.4 Å². The van der Waals surface area contributed by atoms with Crippen molar-refractivity contribution in [3.8, 4) is 0 Å². The number of carboxylic acid groups (broad SMARTS) is 1. The number of carbonyl (C=O) groups excluding carboxylic acids is 1. The second-order valence-electron chi connectivity index (χ2n) is 11.1. The molecule has 1 unspecified atom stereocenters. The minimum Gasteiger partial charge on any atom is -0.480 e. The quantitative estimate of drug-likeness (QED) is 0.264. The number of pyridine rings is 1. The van der Waals surface area contributed by atoms with E-state index in [0.29, 0.717) is 13.0 Å². The fourth-order valence-corrected chi connectivity index (χ4v) is 4.30. The highest BCUT2D eigenvalue weighted by molar-refractivity contribution is 5.80. The van der Waals surface area contributed by atoms with E-state index in [2.05, 4.69) is 58.8 Å². The highest BCUT2D eigenvalue weighted by atomic mass is 16.6. The molecule has 0 saturated carbocycles. The van der Waals surface area contributed by atoms with E-state index >= 15 is 0 Å². The number of aliphatic carboxylic acids is 1. The molecule has 38 heavy (non-hydrogen) atoms. The maximum Gasteiger partial charge on any atom is 0.408 e. The molecule has 3 N–H and O–H groups in total. The van der Waals surface area contributed by atoms with Gasteiger partial charge in [0.2, 0.25) is 0 Å². The van der Waals surface area contributed by atoms with E-state index in [4.69, 9.17) is 9.72 Å². The van der Waals surface area contributed by atoms with Crippen LogP contribution in [0.1, 0.15) is 77.5 Å². The van der Waals surface area contributed by atoms with Gasteiger partial charge in [-0.2, -0.15) is 0 Å². The van der Waals surface area contributed by atoms with Crippen LogP contribution in [0, 0.1) is 0 Å². The summed E-state index contributed by atoms with van der Waals surface area (Å²) in [5.74, 6) is -0.0192. The maximum absolute atomic E-state index is 12.2. The molecule has 1 aromatic rings. The van der Waals surface area contributed by atoms with Gasteiger partial charge in [-0.3, -0.25) is 0 Å². The van der Waals surface area contributed by atoms with E-state index in [0.717, 1.165) is 82.6 Å². The highest BCUT2D eigenvalue weighted by Crippen LogP contribution is 2.20. The van der Waals surface area contributed by atoms with Crippen LogP contribution in [0.5, 0.6) is 0 Å². The number of carbonyl (C=O) groups is 2. The fraction of sp³-hybridized carbons (Fsp3) is 0.690. The molecular formula is C29H49N5O4. The monoisotopic (exact) mass is 531 g/mol. The number of anilines is 1. The van der Waals surface area contributed by atoms with Crippen molar-refractivity contribution in [2.45, 2.75) is 90.7 Å². The van der Waals surface area contributed by atoms with Gasteiger partial charge in [-0.05, 0) is 90.1 Å². The topological polar surface area (TPSA) is 107 Å². The van der Waals surface area contributed by atoms with Crippen LogP contribution in [-0.2, 0) is 22.4 Å². The zero-order chi connectivity index (χ0) is 28.0. The van der Waals surface area contributed by atoms with Crippen molar-refractivity contribution in [3.05, 3.63) is 35.7 Å². The lowest BCUT2D eigenvalue weighted by Crippen LogP contribution is -2.45. The number of alkyl carbamates (subject to hydrolysis) is 1. The van der Waals surface area contributed by atoms with Gasteiger partial charge in [0.1, 0.15) is 17.5 Å². The molecule has 0 aromatic carbocycles. The second kappa shape index (κ2) is 16.2. The molecule has 9 heteroatoms. The molecule has 0 radical (unpaired) electrons. The number of hydrogen-bond acceptors (Lipinski definition) is 7. The Morgan fingerprint density at radius 1 is 1.21 bits per heavy atom. The fourth-order valence-electron chi connectivity index (χ4n) is 4.30. The number of unbranched alkanes of at least 4 members (excludes halogenated alkanes) is 2. The number of aromatic nitrogens is 1. The maximum atomic E-state index is 12.2. The molecule has 0 bridgehead atoms. The molecule has 0 aliphatic carbocycles. The molecule has 1 amide bonds. The summed E-state index contributed by atoms with van der Waals surface area (Å²) < 4.78 is 5.26. The average molecular weight is 532 g/mol. The van der Waals surface area contributed by atoms with Crippen LogP contribution in [0.15, 0.2) is 24.4 Å². The lowest BCUT2D eigenvalue weighted by molar-refractivity contribution is -0.139. The van der Waals surface area contributed by atoms with Crippen LogP contribution < -0.4 is 10.6 Å². The van der Waals surface area contributed by atoms with Crippen molar-refractivity contribution in [1.29, 1.82) is 0 Å². The van der Waals surface area contributed by atoms with Crippen molar-refractivity contribution in [3.63, 3.8) is 0 Å². The molecule has 1 aliphatic rings. The van der Waals surface area contributed by atoms with Crippen molar-refractivity contribution >= 4 is 17.9 Å². The SMILES string of the molecule is CCC/C=C\N(C)CCN(CCCCc1ccc2c(n1)NCCC2)CCC(NC(=O)OC(C)(C)C)C(=O)O. The number of aryl methyl sites for hydroxylation is 2. The molecule has 214 valence electrons. The summed E-state index contributed by atoms with van der Waals surface area (Å²) in [6.07, 6.45) is 11.2. The van der Waals surface area contributed by atoms with Crippen molar-refractivity contribution in [2.24, 2.45) is 0 Å². The van der Waals surface area contributed by atoms with E-state index in [1.165, 1.54) is 5.56 Å². The average Bonchev–Trinajstić information content (AvgIpc) is 2.85. The van der Waals surface area contributed by atoms with Gasteiger partial charge >= 0.3 is 12.1 Å². The molecule has 0 fully saturated rings. The van der Waals surface area contributed by atoms with Gasteiger partial charge in [0.25, 0.3) is 0 Å². The third-order valence-electron chi connectivity index (χ3n) is 6.42. The van der Waals surface area contributed by atoms with Crippen LogP contribution in [-0.4, -0.2) is 83.4 Å². The third-order valence-corrected chi connectivity index (χ3v) is 6.42. The number of nitrogens with zero attached hydrogens (tertiary/aromatic N) is 3. The Morgan fingerprint density at radius 3 is 2.71 bits per heavy atom. The van der Waals surface area contributed by atoms with Gasteiger partial charge < -0.3 is 30.3 Å². The van der Waals surface area contributed by atoms with Crippen LogP contribution in [0.3, 0.4) is 0 Å². The lowest BCUT2D eigenvalue weighted by Gasteiger charge is -2.27. The first-order chi connectivity index (χ1) is 18.1. The number of rotatable bonds is 16. The van der Waals surface area contributed by atoms with Crippen molar-refractivity contribution in [1.82, 2.24) is 20.1 Å². The Kier molecular flexibility index (Phi) is 13.4. The summed E-state index contributed by atoms with van der Waals surface area (Å²) in [6, 6.07) is 3.34. The Hall–Kier alpha value is -2.81. The number of hydrogen-bond donors (Lipinski definition) is 3. The van der Waals surface area contributed by atoms with Gasteiger partial charge in [-0.1, -0.05) is 25.5 Å². The first kappa shape index (κ1) is 31.4. The van der Waals surface area contributed by atoms with Crippen molar-refractivity contribution in [2.75, 3.05) is 45.1 Å². The van der Waals surface area contributed by atoms with E-state index < -0.39 is 23.7 Å². The number of carboxylic acids is 1. The third kappa shape index (κ3) is 12.6. The molecule has 2 heterocycles. The zero-order valence-corrected chi connectivity index (χ0v) is 24.1. The summed E-state index contributed by atoms with van der Waals surface area (Å²) in [6.45, 7) is 11.5. The lowest BCUT2D eigenvalue weighted by atomic mass is 10.1. The van der Waals surface area contributed by atoms with Gasteiger partial charge in [-0.15, -0.1) is 0 Å². The van der Waals surface area contributed by atoms with Gasteiger partial charge in [-0.25, -0.2) is 14.6 Å². The normalized spacial score (nSPS) is 14.2. The van der Waals surface area contributed by atoms with Gasteiger partial charge in [0, 0.05) is 38.9 Å². The highest BCUT2D eigenvalue weighted by Gasteiger charge is 2.24. The van der Waals surface area contributed by atoms with Crippen LogP contribution in [0.4, 0.5) is 10.6 Å². The molecule has 0 spiro atoms. The summed E-state index contributed by atoms with van der Waals surface area (Å²) in [5, 5.41) is 15.6. The number of nitrogens with one attached hydrogen (secondary N) is 2. The first-order valence-electron chi connectivity index (χ1n) is 14.1. The number of ether oxygens (including phenoxy) is 1. The predicted molar refractivity (Wildman–Crippen MR) is 153 cm³/mol. The van der Waals surface area contributed by atoms with E-state index in [9.17, 15) is 14.7 Å². The summed E-state index contributed by atoms with van der Waals surface area (Å²) in [7, 11) is 2.06. The summed E-state index contributed by atoms with van der Waals surface area (Å²) >= 11 is 0. The first-order valence-corrected chi connectivity index (χ1v) is 14.1. The number of amides is 1. The minimum absolute atomic E-state index is 0.308. The molecule has 0 saturated heterocycles. The molecule has 1 atom stereocenters. The molecular weight excluding hydrogens is 482 g/mol. The van der Waals surface area contributed by atoms with E-state index in [1.807, 2.05) is 0 Å². The number of allylic oxidation sites excluding steroid dienone is 1. The molecule has 1 aliphatic heterocycles. The van der Waals surface area contributed by atoms with E-state index in [-0.39, 0.29) is 0 Å². The Balaban J connectivity index is 1.90. The summed E-state index contributed by atoms with van der Waals surface area (Å²) in [4.78, 5) is 33.2. The Morgan fingerprint density at radius 2 is 2.00 bits per heavy atom. The zero-order valence-electron chi connectivity index (χ0n) is 24.1. The molecule has 9 nitrogen and oxygen atoms in total. The predicted octanol–water partition coefficient (Wildman–Crippen LogP) is 4.68. The standard InChI is InChI=1S/C29H49N5O4/c1-6-7-9-18-33(5)21-22-34(20-16-25(27(35)36)32-28(37)38-29(2,3)4)19-10-8-13-24-15-14-23-12-11-17-30-26(23)31-24/h9,14-15,18,25H,6-8,10-13,16-17,19-22H2,1-5H3,(H,30,31)(H,32,37)(H,35,36)/b18-9-. The largest absolute Gasteiger partial charge is 0.480 e. The van der Waals surface area contributed by atoms with Gasteiger partial charge in [0.05, 0.1) is 0 Å². The van der Waals surface area contributed by atoms with Crippen LogP contribution >= 0.6 is 0 Å². The second-order valence-corrected chi connectivity index (χ2v) is 11.1. The molecule has 1 aromatic heterocycles. The minimum atomic E-state index is -1.05. The smallest absolute Gasteiger partial charge is 0.408 e. The van der Waals surface area contributed by atoms with Crippen LogP contribution in [0.2, 0.25) is 0 Å². The van der Waals surface area contributed by atoms with E-state index in [1.54, 1.807) is 20.8 Å².